The van der Waals surface area contributed by atoms with E-state index < -0.39 is 0 Å². The molecule has 0 saturated carbocycles. The van der Waals surface area contributed by atoms with Crippen LogP contribution in [0.15, 0.2) is 47.2 Å². The van der Waals surface area contributed by atoms with Gasteiger partial charge in [-0.05, 0) is 34.1 Å². The van der Waals surface area contributed by atoms with Crippen LogP contribution in [-0.2, 0) is 0 Å². The molecule has 0 unspecified atom stereocenters. The van der Waals surface area contributed by atoms with Crippen LogP contribution in [0.5, 0.6) is 5.75 Å². The number of benzene rings is 1. The van der Waals surface area contributed by atoms with Crippen molar-refractivity contribution in [2.75, 3.05) is 0 Å². The summed E-state index contributed by atoms with van der Waals surface area (Å²) in [5.74, 6) is -0.0768. The molecule has 0 aliphatic heterocycles. The van der Waals surface area contributed by atoms with Crippen molar-refractivity contribution in [2.45, 2.75) is 0 Å². The molecule has 19 heavy (non-hydrogen) atoms. The summed E-state index contributed by atoms with van der Waals surface area (Å²) in [5, 5.41) is 10.2. The van der Waals surface area contributed by atoms with Crippen molar-refractivity contribution in [3.63, 3.8) is 0 Å². The van der Waals surface area contributed by atoms with Crippen molar-refractivity contribution in [1.29, 1.82) is 0 Å². The van der Waals surface area contributed by atoms with Crippen molar-refractivity contribution < 1.29 is 9.90 Å². The number of aromatic amines is 1. The number of hydrogen-bond donors (Lipinski definition) is 2. The number of ketones is 1. The van der Waals surface area contributed by atoms with Crippen LogP contribution in [0.1, 0.15) is 15.9 Å². The number of aromatic nitrogens is 2. The largest absolute Gasteiger partial charge is 0.508 e. The molecule has 0 bridgehead atoms. The molecule has 0 atom stereocenters. The summed E-state index contributed by atoms with van der Waals surface area (Å²) < 4.78 is 0.810. The van der Waals surface area contributed by atoms with Crippen LogP contribution in [0.25, 0.3) is 11.0 Å². The summed E-state index contributed by atoms with van der Waals surface area (Å²) in [4.78, 5) is 19.6. The van der Waals surface area contributed by atoms with E-state index in [9.17, 15) is 9.90 Å². The lowest BCUT2D eigenvalue weighted by molar-refractivity contribution is 0.104. The Bertz CT molecular complexity index is 780. The molecule has 0 aliphatic carbocycles. The maximum atomic E-state index is 12.4. The number of phenols is 1. The van der Waals surface area contributed by atoms with E-state index in [-0.39, 0.29) is 11.5 Å². The molecule has 5 heteroatoms. The SMILES string of the molecule is O=C(c1cccc(O)c1)c1c[nH]c2ncc(Br)cc12. The van der Waals surface area contributed by atoms with Crippen LogP contribution in [0, 0.1) is 0 Å². The summed E-state index contributed by atoms with van der Waals surface area (Å²) >= 11 is 3.34. The van der Waals surface area contributed by atoms with Gasteiger partial charge in [0.1, 0.15) is 11.4 Å². The van der Waals surface area contributed by atoms with Gasteiger partial charge >= 0.3 is 0 Å². The van der Waals surface area contributed by atoms with Crippen LogP contribution in [0.3, 0.4) is 0 Å². The highest BCUT2D eigenvalue weighted by molar-refractivity contribution is 9.10. The fourth-order valence-electron chi connectivity index (χ4n) is 1.97. The van der Waals surface area contributed by atoms with E-state index in [4.69, 9.17) is 0 Å². The molecule has 3 rings (SSSR count). The maximum Gasteiger partial charge on any atom is 0.195 e. The van der Waals surface area contributed by atoms with Crippen molar-refractivity contribution in [3.05, 3.63) is 58.3 Å². The quantitative estimate of drug-likeness (QED) is 0.713. The monoisotopic (exact) mass is 316 g/mol. The van der Waals surface area contributed by atoms with Crippen molar-refractivity contribution >= 4 is 32.7 Å². The Labute approximate surface area is 117 Å². The number of phenolic OH excluding ortho intramolecular Hbond substituents is 1. The molecule has 2 heterocycles. The summed E-state index contributed by atoms with van der Waals surface area (Å²) in [7, 11) is 0. The molecule has 0 amide bonds. The van der Waals surface area contributed by atoms with E-state index >= 15 is 0 Å². The number of fused-ring (bicyclic) bond motifs is 1. The normalized spacial score (nSPS) is 10.8. The number of H-pyrrole nitrogens is 1. The molecule has 94 valence electrons. The van der Waals surface area contributed by atoms with Crippen LogP contribution in [0.2, 0.25) is 0 Å². The topological polar surface area (TPSA) is 66.0 Å². The minimum Gasteiger partial charge on any atom is -0.508 e. The van der Waals surface area contributed by atoms with Gasteiger partial charge in [-0.2, -0.15) is 0 Å². The summed E-state index contributed by atoms with van der Waals surface area (Å²) in [5.41, 5.74) is 1.64. The second kappa shape index (κ2) is 4.51. The van der Waals surface area contributed by atoms with Gasteiger partial charge in [-0.3, -0.25) is 4.79 Å². The number of pyridine rings is 1. The molecular weight excluding hydrogens is 308 g/mol. The van der Waals surface area contributed by atoms with E-state index in [0.717, 1.165) is 9.86 Å². The van der Waals surface area contributed by atoms with Gasteiger partial charge in [0.25, 0.3) is 0 Å². The van der Waals surface area contributed by atoms with Gasteiger partial charge in [0.05, 0.1) is 0 Å². The summed E-state index contributed by atoms with van der Waals surface area (Å²) in [6, 6.07) is 8.14. The number of nitrogens with zero attached hydrogens (tertiary/aromatic N) is 1. The molecule has 2 N–H and O–H groups in total. The first-order chi connectivity index (χ1) is 9.15. The molecule has 2 aromatic heterocycles. The average Bonchev–Trinajstić information content (AvgIpc) is 2.80. The van der Waals surface area contributed by atoms with Gasteiger partial charge in [0, 0.05) is 33.4 Å². The summed E-state index contributed by atoms with van der Waals surface area (Å²) in [6.07, 6.45) is 3.30. The number of aromatic hydroxyl groups is 1. The second-order valence-electron chi connectivity index (χ2n) is 4.13. The van der Waals surface area contributed by atoms with Crippen LogP contribution < -0.4 is 0 Å². The molecule has 3 aromatic rings. The Morgan fingerprint density at radius 1 is 1.32 bits per heavy atom. The summed E-state index contributed by atoms with van der Waals surface area (Å²) in [6.45, 7) is 0. The lowest BCUT2D eigenvalue weighted by atomic mass is 10.0. The van der Waals surface area contributed by atoms with Crippen LogP contribution in [0.4, 0.5) is 0 Å². The fourth-order valence-corrected chi connectivity index (χ4v) is 2.30. The predicted molar refractivity (Wildman–Crippen MR) is 75.3 cm³/mol. The molecule has 0 spiro atoms. The van der Waals surface area contributed by atoms with E-state index in [1.165, 1.54) is 12.1 Å². The highest BCUT2D eigenvalue weighted by atomic mass is 79.9. The van der Waals surface area contributed by atoms with E-state index in [1.807, 2.05) is 6.07 Å². The molecule has 0 saturated heterocycles. The molecule has 0 radical (unpaired) electrons. The highest BCUT2D eigenvalue weighted by Crippen LogP contribution is 2.23. The first-order valence-corrected chi connectivity index (χ1v) is 6.41. The molecular formula is C14H9BrN2O2. The Kier molecular flexibility index (Phi) is 2.83. The highest BCUT2D eigenvalue weighted by Gasteiger charge is 2.15. The maximum absolute atomic E-state index is 12.4. The van der Waals surface area contributed by atoms with Gasteiger partial charge in [-0.25, -0.2) is 4.98 Å². The van der Waals surface area contributed by atoms with Crippen LogP contribution >= 0.6 is 15.9 Å². The number of hydrogen-bond acceptors (Lipinski definition) is 3. The number of carbonyl (C=O) groups excluding carboxylic acids is 1. The lowest BCUT2D eigenvalue weighted by Crippen LogP contribution is -1.99. The Hall–Kier alpha value is -2.14. The number of halogens is 1. The Morgan fingerprint density at radius 2 is 2.16 bits per heavy atom. The third-order valence-corrected chi connectivity index (χ3v) is 3.28. The first-order valence-electron chi connectivity index (χ1n) is 5.61. The molecule has 0 aliphatic rings. The smallest absolute Gasteiger partial charge is 0.195 e. The fraction of sp³-hybridized carbons (Fsp3) is 0. The first kappa shape index (κ1) is 11.9. The van der Waals surface area contributed by atoms with Gasteiger partial charge < -0.3 is 10.1 Å². The lowest BCUT2D eigenvalue weighted by Gasteiger charge is -2.00. The van der Waals surface area contributed by atoms with Crippen LogP contribution in [-0.4, -0.2) is 20.9 Å². The number of carbonyl (C=O) groups is 1. The molecule has 4 nitrogen and oxygen atoms in total. The average molecular weight is 317 g/mol. The van der Waals surface area contributed by atoms with Crippen molar-refractivity contribution in [3.8, 4) is 5.75 Å². The minimum absolute atomic E-state index is 0.0741. The van der Waals surface area contributed by atoms with E-state index in [0.29, 0.717) is 16.8 Å². The van der Waals surface area contributed by atoms with Gasteiger partial charge in [0.2, 0.25) is 0 Å². The van der Waals surface area contributed by atoms with Crippen molar-refractivity contribution in [1.82, 2.24) is 9.97 Å². The molecule has 0 fully saturated rings. The third kappa shape index (κ3) is 2.13. The minimum atomic E-state index is -0.151. The number of nitrogens with one attached hydrogen (secondary N) is 1. The standard InChI is InChI=1S/C14H9BrN2O2/c15-9-5-11-12(7-17-14(11)16-6-9)13(19)8-2-1-3-10(18)4-8/h1-7,18H,(H,16,17). The zero-order chi connectivity index (χ0) is 13.4. The zero-order valence-corrected chi connectivity index (χ0v) is 11.3. The second-order valence-corrected chi connectivity index (χ2v) is 5.05. The Balaban J connectivity index is 2.14. The predicted octanol–water partition coefficient (Wildman–Crippen LogP) is 3.26. The van der Waals surface area contributed by atoms with Gasteiger partial charge in [-0.15, -0.1) is 0 Å². The van der Waals surface area contributed by atoms with E-state index in [1.54, 1.807) is 24.5 Å². The zero-order valence-electron chi connectivity index (χ0n) is 9.72. The van der Waals surface area contributed by atoms with Gasteiger partial charge in [-0.1, -0.05) is 12.1 Å². The third-order valence-electron chi connectivity index (χ3n) is 2.85. The van der Waals surface area contributed by atoms with E-state index in [2.05, 4.69) is 25.9 Å². The molecule has 1 aromatic carbocycles. The Morgan fingerprint density at radius 3 is 2.95 bits per heavy atom. The van der Waals surface area contributed by atoms with Crippen molar-refractivity contribution in [2.24, 2.45) is 0 Å². The number of rotatable bonds is 2. The van der Waals surface area contributed by atoms with Gasteiger partial charge in [0.15, 0.2) is 5.78 Å².